The highest BCUT2D eigenvalue weighted by atomic mass is 16.5. The topological polar surface area (TPSA) is 31.2 Å². The number of ketones is 1. The van der Waals surface area contributed by atoms with Gasteiger partial charge < -0.3 is 9.30 Å². The Balaban J connectivity index is 1.71. The molecule has 1 heterocycles. The predicted octanol–water partition coefficient (Wildman–Crippen LogP) is 4.38. The van der Waals surface area contributed by atoms with Gasteiger partial charge in [-0.3, -0.25) is 4.79 Å². The molecule has 0 aliphatic heterocycles. The molecule has 3 rings (SSSR count). The van der Waals surface area contributed by atoms with Gasteiger partial charge in [0, 0.05) is 23.6 Å². The number of rotatable bonds is 5. The molecule has 0 fully saturated rings. The van der Waals surface area contributed by atoms with E-state index in [9.17, 15) is 4.79 Å². The van der Waals surface area contributed by atoms with E-state index in [4.69, 9.17) is 4.74 Å². The molecule has 3 heteroatoms. The van der Waals surface area contributed by atoms with Gasteiger partial charge >= 0.3 is 0 Å². The second kappa shape index (κ2) is 6.79. The molecule has 0 bridgehead atoms. The molecule has 1 aromatic heterocycles. The van der Waals surface area contributed by atoms with Gasteiger partial charge in [-0.05, 0) is 60.2 Å². The Bertz CT molecular complexity index is 798. The lowest BCUT2D eigenvalue weighted by atomic mass is 10.1. The van der Waals surface area contributed by atoms with E-state index in [0.717, 1.165) is 17.0 Å². The fourth-order valence-electron chi connectivity index (χ4n) is 2.29. The number of aromatic nitrogens is 1. The van der Waals surface area contributed by atoms with Crippen LogP contribution in [0.3, 0.4) is 0 Å². The number of ether oxygens (including phenoxy) is 1. The quantitative estimate of drug-likeness (QED) is 0.517. The van der Waals surface area contributed by atoms with Crippen LogP contribution in [-0.2, 0) is 0 Å². The van der Waals surface area contributed by atoms with Crippen LogP contribution < -0.4 is 4.74 Å². The summed E-state index contributed by atoms with van der Waals surface area (Å²) in [5.41, 5.74) is 2.67. The molecule has 0 saturated carbocycles. The minimum Gasteiger partial charge on any atom is -0.497 e. The van der Waals surface area contributed by atoms with Crippen LogP contribution in [0.2, 0.25) is 0 Å². The van der Waals surface area contributed by atoms with Gasteiger partial charge in [-0.15, -0.1) is 0 Å². The third-order valence-electron chi connectivity index (χ3n) is 3.60. The monoisotopic (exact) mass is 303 g/mol. The summed E-state index contributed by atoms with van der Waals surface area (Å²) < 4.78 is 7.11. The van der Waals surface area contributed by atoms with Crippen molar-refractivity contribution in [2.75, 3.05) is 7.11 Å². The number of carbonyl (C=O) groups is 1. The van der Waals surface area contributed by atoms with Crippen LogP contribution in [0.5, 0.6) is 5.75 Å². The van der Waals surface area contributed by atoms with Crippen LogP contribution in [0.25, 0.3) is 11.8 Å². The van der Waals surface area contributed by atoms with Gasteiger partial charge in [-0.2, -0.15) is 0 Å². The molecule has 0 N–H and O–H groups in total. The highest BCUT2D eigenvalue weighted by molar-refractivity contribution is 6.06. The lowest BCUT2D eigenvalue weighted by molar-refractivity contribution is 0.104. The average Bonchev–Trinajstić information content (AvgIpc) is 3.15. The van der Waals surface area contributed by atoms with E-state index >= 15 is 0 Å². The minimum atomic E-state index is -0.0140. The summed E-state index contributed by atoms with van der Waals surface area (Å²) in [6.07, 6.45) is 7.34. The molecule has 114 valence electrons. The van der Waals surface area contributed by atoms with Crippen LogP contribution >= 0.6 is 0 Å². The summed E-state index contributed by atoms with van der Waals surface area (Å²) in [4.78, 5) is 12.2. The molecule has 2 aromatic carbocycles. The molecule has 0 amide bonds. The predicted molar refractivity (Wildman–Crippen MR) is 92.1 cm³/mol. The Morgan fingerprint density at radius 3 is 2.22 bits per heavy atom. The Morgan fingerprint density at radius 1 is 0.957 bits per heavy atom. The summed E-state index contributed by atoms with van der Waals surface area (Å²) in [5, 5.41) is 0. The maximum Gasteiger partial charge on any atom is 0.185 e. The zero-order valence-electron chi connectivity index (χ0n) is 12.8. The van der Waals surface area contributed by atoms with E-state index < -0.39 is 0 Å². The first-order valence-corrected chi connectivity index (χ1v) is 7.36. The lowest BCUT2D eigenvalue weighted by Crippen LogP contribution is -1.96. The van der Waals surface area contributed by atoms with Gasteiger partial charge in [0.05, 0.1) is 7.11 Å². The van der Waals surface area contributed by atoms with Gasteiger partial charge in [-0.25, -0.2) is 0 Å². The number of carbonyl (C=O) groups excluding carboxylic acids is 1. The number of nitrogens with zero attached hydrogens (tertiary/aromatic N) is 1. The van der Waals surface area contributed by atoms with Crippen molar-refractivity contribution in [3.05, 3.63) is 90.3 Å². The highest BCUT2D eigenvalue weighted by Gasteiger charge is 2.02. The van der Waals surface area contributed by atoms with Gasteiger partial charge in [-0.1, -0.05) is 18.2 Å². The normalized spacial score (nSPS) is 10.8. The number of hydrogen-bond acceptors (Lipinski definition) is 2. The summed E-state index contributed by atoms with van der Waals surface area (Å²) >= 11 is 0. The summed E-state index contributed by atoms with van der Waals surface area (Å²) in [6, 6.07) is 19.1. The third-order valence-corrected chi connectivity index (χ3v) is 3.60. The molecule has 0 radical (unpaired) electrons. The van der Waals surface area contributed by atoms with E-state index in [1.807, 2.05) is 83.7 Å². The van der Waals surface area contributed by atoms with Crippen molar-refractivity contribution in [3.8, 4) is 11.4 Å². The van der Waals surface area contributed by atoms with Crippen molar-refractivity contribution in [2.45, 2.75) is 0 Å². The van der Waals surface area contributed by atoms with Crippen LogP contribution in [0.1, 0.15) is 15.9 Å². The second-order valence-corrected chi connectivity index (χ2v) is 5.11. The van der Waals surface area contributed by atoms with Crippen molar-refractivity contribution >= 4 is 11.9 Å². The summed E-state index contributed by atoms with van der Waals surface area (Å²) in [7, 11) is 1.63. The van der Waals surface area contributed by atoms with Crippen molar-refractivity contribution < 1.29 is 9.53 Å². The fraction of sp³-hybridized carbons (Fsp3) is 0.0500. The molecule has 0 aliphatic rings. The molecule has 0 unspecified atom stereocenters. The van der Waals surface area contributed by atoms with E-state index in [1.165, 1.54) is 0 Å². The highest BCUT2D eigenvalue weighted by Crippen LogP contribution is 2.14. The van der Waals surface area contributed by atoms with Gasteiger partial charge in [0.2, 0.25) is 0 Å². The number of hydrogen-bond donors (Lipinski definition) is 0. The van der Waals surface area contributed by atoms with E-state index in [-0.39, 0.29) is 5.78 Å². The molecule has 0 atom stereocenters. The first-order chi connectivity index (χ1) is 11.3. The summed E-state index contributed by atoms with van der Waals surface area (Å²) in [6.45, 7) is 0. The van der Waals surface area contributed by atoms with Gasteiger partial charge in [0.25, 0.3) is 0 Å². The zero-order chi connectivity index (χ0) is 16.1. The number of allylic oxidation sites excluding steroid dienone is 1. The third kappa shape index (κ3) is 3.58. The van der Waals surface area contributed by atoms with Gasteiger partial charge in [0.1, 0.15) is 5.75 Å². The molecule has 3 aromatic rings. The standard InChI is InChI=1S/C20H17NO2/c1-23-19-11-4-16(5-12-19)6-13-20(22)17-7-9-18(10-8-17)21-14-2-3-15-21/h2-15H,1H3. The lowest BCUT2D eigenvalue weighted by Gasteiger charge is -2.03. The number of methoxy groups -OCH3 is 1. The molecular weight excluding hydrogens is 286 g/mol. The molecule has 0 aliphatic carbocycles. The van der Waals surface area contributed by atoms with Gasteiger partial charge in [0.15, 0.2) is 5.78 Å². The summed E-state index contributed by atoms with van der Waals surface area (Å²) in [5.74, 6) is 0.786. The maximum atomic E-state index is 12.2. The molecule has 0 saturated heterocycles. The molecular formula is C20H17NO2. The largest absolute Gasteiger partial charge is 0.497 e. The van der Waals surface area contributed by atoms with Crippen LogP contribution in [0.4, 0.5) is 0 Å². The minimum absolute atomic E-state index is 0.0140. The van der Waals surface area contributed by atoms with E-state index in [1.54, 1.807) is 13.2 Å². The molecule has 23 heavy (non-hydrogen) atoms. The Hall–Kier alpha value is -3.07. The smallest absolute Gasteiger partial charge is 0.185 e. The SMILES string of the molecule is COc1ccc(C=CC(=O)c2ccc(-n3cccc3)cc2)cc1. The fourth-order valence-corrected chi connectivity index (χ4v) is 2.29. The maximum absolute atomic E-state index is 12.2. The average molecular weight is 303 g/mol. The number of benzene rings is 2. The Morgan fingerprint density at radius 2 is 1.61 bits per heavy atom. The molecule has 0 spiro atoms. The van der Waals surface area contributed by atoms with Crippen molar-refractivity contribution in [1.29, 1.82) is 0 Å². The first-order valence-electron chi connectivity index (χ1n) is 7.36. The Kier molecular flexibility index (Phi) is 4.39. The Labute approximate surface area is 135 Å². The van der Waals surface area contributed by atoms with Crippen molar-refractivity contribution in [2.24, 2.45) is 0 Å². The second-order valence-electron chi connectivity index (χ2n) is 5.11. The van der Waals surface area contributed by atoms with E-state index in [2.05, 4.69) is 0 Å². The van der Waals surface area contributed by atoms with E-state index in [0.29, 0.717) is 5.56 Å². The van der Waals surface area contributed by atoms with Crippen molar-refractivity contribution in [1.82, 2.24) is 4.57 Å². The first kappa shape index (κ1) is 14.9. The zero-order valence-corrected chi connectivity index (χ0v) is 12.8. The van der Waals surface area contributed by atoms with Crippen LogP contribution in [0.15, 0.2) is 79.1 Å². The van der Waals surface area contributed by atoms with Crippen LogP contribution in [0, 0.1) is 0 Å². The van der Waals surface area contributed by atoms with Crippen molar-refractivity contribution in [3.63, 3.8) is 0 Å². The van der Waals surface area contributed by atoms with Crippen LogP contribution in [-0.4, -0.2) is 17.5 Å². The molecule has 3 nitrogen and oxygen atoms in total.